The van der Waals surface area contributed by atoms with Crippen molar-refractivity contribution in [3.8, 4) is 5.75 Å². The summed E-state index contributed by atoms with van der Waals surface area (Å²) in [6.07, 6.45) is 1.79. The van der Waals surface area contributed by atoms with Crippen LogP contribution in [0.25, 0.3) is 0 Å². The van der Waals surface area contributed by atoms with E-state index in [4.69, 9.17) is 10.5 Å². The number of rotatable bonds is 14. The van der Waals surface area contributed by atoms with E-state index in [0.29, 0.717) is 54.1 Å². The number of aliphatic hydroxyl groups excluding tert-OH is 1. The highest BCUT2D eigenvalue weighted by Gasteiger charge is 2.33. The number of nitrogens with zero attached hydrogens (tertiary/aromatic N) is 2. The van der Waals surface area contributed by atoms with Crippen molar-refractivity contribution in [1.82, 2.24) is 9.21 Å². The molecule has 0 spiro atoms. The Morgan fingerprint density at radius 1 is 1.02 bits per heavy atom. The number of para-hydroxylation sites is 2. The number of carbonyl (C=O) groups excluding carboxylic acids is 3. The monoisotopic (exact) mass is 707 g/mol. The molecule has 13 heteroatoms. The van der Waals surface area contributed by atoms with Gasteiger partial charge in [0.05, 0.1) is 41.9 Å². The van der Waals surface area contributed by atoms with Crippen LogP contribution >= 0.6 is 0 Å². The summed E-state index contributed by atoms with van der Waals surface area (Å²) < 4.78 is 34.6. The van der Waals surface area contributed by atoms with E-state index in [1.165, 1.54) is 11.4 Å². The van der Waals surface area contributed by atoms with Crippen molar-refractivity contribution in [3.05, 3.63) is 77.9 Å². The number of sulfonamides is 1. The molecule has 5 N–H and O–H groups in total. The van der Waals surface area contributed by atoms with E-state index < -0.39 is 22.2 Å². The van der Waals surface area contributed by atoms with Crippen molar-refractivity contribution in [3.63, 3.8) is 0 Å². The number of amides is 3. The van der Waals surface area contributed by atoms with E-state index in [1.807, 2.05) is 13.8 Å². The standard InChI is InChI=1S/C37H49N5O7S/c1-25-14-17-30(18-15-25)50(47,48)41(4)23-34-26(2)22-42(27(3)24-43)37(46)21-28-20-29(16-19-33(28)49-34)39-35(44)12-6-5-7-13-36(45)40-32-11-9-8-10-31(32)38/h8-11,14-20,26-27,34,43H,5-7,12-13,21-24,38H2,1-4H3,(H,39,44)(H,40,45)/t26-,27+,34+/m1/s1. The first-order chi connectivity index (χ1) is 23.8. The van der Waals surface area contributed by atoms with Crippen LogP contribution in [0.4, 0.5) is 17.1 Å². The smallest absolute Gasteiger partial charge is 0.242 e. The Morgan fingerprint density at radius 3 is 2.34 bits per heavy atom. The maximum Gasteiger partial charge on any atom is 0.242 e. The summed E-state index contributed by atoms with van der Waals surface area (Å²) in [4.78, 5) is 40.4. The van der Waals surface area contributed by atoms with Gasteiger partial charge in [-0.25, -0.2) is 8.42 Å². The van der Waals surface area contributed by atoms with Gasteiger partial charge in [0.2, 0.25) is 27.7 Å². The second-order valence-electron chi connectivity index (χ2n) is 13.1. The van der Waals surface area contributed by atoms with Gasteiger partial charge in [-0.15, -0.1) is 0 Å². The van der Waals surface area contributed by atoms with E-state index in [0.717, 1.165) is 5.56 Å². The second kappa shape index (κ2) is 17.5. The lowest BCUT2D eigenvalue weighted by atomic mass is 10.0. The second-order valence-corrected chi connectivity index (χ2v) is 15.1. The number of fused-ring (bicyclic) bond motifs is 1. The minimum Gasteiger partial charge on any atom is -0.488 e. The van der Waals surface area contributed by atoms with Crippen molar-refractivity contribution in [2.75, 3.05) is 43.1 Å². The van der Waals surface area contributed by atoms with E-state index in [-0.39, 0.29) is 61.1 Å². The number of hydrogen-bond acceptors (Lipinski definition) is 8. The van der Waals surface area contributed by atoms with Crippen LogP contribution in [0.5, 0.6) is 5.75 Å². The average Bonchev–Trinajstić information content (AvgIpc) is 3.12. The number of anilines is 3. The molecule has 1 aliphatic heterocycles. The summed E-state index contributed by atoms with van der Waals surface area (Å²) in [5.41, 5.74) is 8.94. The Kier molecular flexibility index (Phi) is 13.4. The molecule has 0 unspecified atom stereocenters. The molecule has 0 aliphatic carbocycles. The fourth-order valence-electron chi connectivity index (χ4n) is 5.76. The van der Waals surface area contributed by atoms with Crippen molar-refractivity contribution >= 4 is 44.8 Å². The highest BCUT2D eigenvalue weighted by Crippen LogP contribution is 2.30. The Balaban J connectivity index is 1.41. The quantitative estimate of drug-likeness (QED) is 0.139. The fraction of sp³-hybridized carbons (Fsp3) is 0.432. The molecule has 3 aromatic carbocycles. The van der Waals surface area contributed by atoms with Crippen LogP contribution in [0.1, 0.15) is 57.1 Å². The predicted octanol–water partition coefficient (Wildman–Crippen LogP) is 4.57. The van der Waals surface area contributed by atoms with E-state index in [2.05, 4.69) is 10.6 Å². The van der Waals surface area contributed by atoms with Gasteiger partial charge in [-0.2, -0.15) is 4.31 Å². The summed E-state index contributed by atoms with van der Waals surface area (Å²) in [5, 5.41) is 15.6. The predicted molar refractivity (Wildman–Crippen MR) is 194 cm³/mol. The third-order valence-corrected chi connectivity index (χ3v) is 10.7. The molecule has 1 aliphatic rings. The molecular weight excluding hydrogens is 659 g/mol. The Bertz CT molecular complexity index is 1750. The maximum absolute atomic E-state index is 13.6. The minimum atomic E-state index is -3.82. The van der Waals surface area contributed by atoms with Gasteiger partial charge in [-0.05, 0) is 69.2 Å². The van der Waals surface area contributed by atoms with Crippen LogP contribution in [-0.4, -0.2) is 79.3 Å². The van der Waals surface area contributed by atoms with Gasteiger partial charge in [-0.3, -0.25) is 14.4 Å². The molecule has 50 heavy (non-hydrogen) atoms. The van der Waals surface area contributed by atoms with Crippen molar-refractivity contribution in [1.29, 1.82) is 0 Å². The number of likely N-dealkylation sites (N-methyl/N-ethyl adjacent to an activating group) is 1. The summed E-state index contributed by atoms with van der Waals surface area (Å²) in [6, 6.07) is 18.3. The molecule has 4 rings (SSSR count). The number of nitrogens with one attached hydrogen (secondary N) is 2. The molecule has 0 bridgehead atoms. The van der Waals surface area contributed by atoms with Gasteiger partial charge in [0.25, 0.3) is 0 Å². The summed E-state index contributed by atoms with van der Waals surface area (Å²) in [5.74, 6) is -0.428. The summed E-state index contributed by atoms with van der Waals surface area (Å²) in [7, 11) is -2.31. The molecule has 0 saturated carbocycles. The van der Waals surface area contributed by atoms with E-state index in [1.54, 1.807) is 78.6 Å². The molecule has 0 aromatic heterocycles. The molecule has 12 nitrogen and oxygen atoms in total. The normalized spacial score (nSPS) is 17.2. The van der Waals surface area contributed by atoms with Crippen LogP contribution in [-0.2, 0) is 30.8 Å². The number of hydrogen-bond donors (Lipinski definition) is 4. The number of aryl methyl sites for hydroxylation is 1. The number of nitrogens with two attached hydrogens (primary N) is 1. The number of carbonyl (C=O) groups is 3. The number of unbranched alkanes of at least 4 members (excludes halogenated alkanes) is 2. The number of nitrogen functional groups attached to an aromatic ring is 1. The number of benzene rings is 3. The van der Waals surface area contributed by atoms with Crippen molar-refractivity contribution in [2.24, 2.45) is 5.92 Å². The maximum atomic E-state index is 13.6. The van der Waals surface area contributed by atoms with Gasteiger partial charge < -0.3 is 31.1 Å². The zero-order valence-electron chi connectivity index (χ0n) is 29.2. The van der Waals surface area contributed by atoms with Crippen LogP contribution in [0.2, 0.25) is 0 Å². The van der Waals surface area contributed by atoms with Gasteiger partial charge in [0, 0.05) is 43.6 Å². The Labute approximate surface area is 295 Å². The summed E-state index contributed by atoms with van der Waals surface area (Å²) in [6.45, 7) is 5.58. The molecular formula is C37H49N5O7S. The molecule has 0 saturated heterocycles. The Hall–Kier alpha value is -4.46. The lowest BCUT2D eigenvalue weighted by molar-refractivity contribution is -0.134. The number of aliphatic hydroxyl groups is 1. The lowest BCUT2D eigenvalue weighted by Gasteiger charge is -2.33. The SMILES string of the molecule is Cc1ccc(S(=O)(=O)N(C)C[C@@H]2Oc3ccc(NC(=O)CCCCCC(=O)Nc4ccccc4N)cc3CC(=O)N([C@@H](C)CO)C[C@H]2C)cc1. The zero-order valence-corrected chi connectivity index (χ0v) is 30.0. The molecule has 3 aromatic rings. The third-order valence-electron chi connectivity index (χ3n) is 8.91. The average molecular weight is 708 g/mol. The van der Waals surface area contributed by atoms with Gasteiger partial charge in [0.15, 0.2) is 0 Å². The highest BCUT2D eigenvalue weighted by molar-refractivity contribution is 7.89. The topological polar surface area (TPSA) is 171 Å². The third kappa shape index (κ3) is 10.3. The molecule has 0 fully saturated rings. The molecule has 3 atom stereocenters. The van der Waals surface area contributed by atoms with Crippen LogP contribution in [0, 0.1) is 12.8 Å². The molecule has 0 radical (unpaired) electrons. The van der Waals surface area contributed by atoms with Crippen LogP contribution in [0.15, 0.2) is 71.6 Å². The first-order valence-corrected chi connectivity index (χ1v) is 18.4. The van der Waals surface area contributed by atoms with Crippen LogP contribution in [0.3, 0.4) is 0 Å². The molecule has 3 amide bonds. The largest absolute Gasteiger partial charge is 0.488 e. The first-order valence-electron chi connectivity index (χ1n) is 17.0. The van der Waals surface area contributed by atoms with Crippen LogP contribution < -0.4 is 21.1 Å². The summed E-state index contributed by atoms with van der Waals surface area (Å²) >= 11 is 0. The van der Waals surface area contributed by atoms with Crippen molar-refractivity contribution in [2.45, 2.75) is 76.3 Å². The van der Waals surface area contributed by atoms with Gasteiger partial charge in [-0.1, -0.05) is 43.2 Å². The highest BCUT2D eigenvalue weighted by atomic mass is 32.2. The van der Waals surface area contributed by atoms with Gasteiger partial charge >= 0.3 is 0 Å². The first kappa shape index (κ1) is 38.3. The number of ether oxygens (including phenoxy) is 1. The lowest BCUT2D eigenvalue weighted by Crippen LogP contribution is -2.48. The Morgan fingerprint density at radius 2 is 1.68 bits per heavy atom. The van der Waals surface area contributed by atoms with Gasteiger partial charge in [0.1, 0.15) is 11.9 Å². The molecule has 1 heterocycles. The van der Waals surface area contributed by atoms with E-state index in [9.17, 15) is 27.9 Å². The minimum absolute atomic E-state index is 0.0206. The fourth-order valence-corrected chi connectivity index (χ4v) is 6.94. The van der Waals surface area contributed by atoms with Crippen molar-refractivity contribution < 1.29 is 32.6 Å². The van der Waals surface area contributed by atoms with E-state index >= 15 is 0 Å². The zero-order chi connectivity index (χ0) is 36.4. The molecule has 270 valence electrons.